The first-order valence-electron chi connectivity index (χ1n) is 5.59. The molecule has 102 valence electrons. The smallest absolute Gasteiger partial charge is 0.352 e. The second-order valence-corrected chi connectivity index (χ2v) is 5.43. The summed E-state index contributed by atoms with van der Waals surface area (Å²) in [5, 5.41) is 11.8. The fraction of sp³-hybridized carbons (Fsp3) is 0.500. The van der Waals surface area contributed by atoms with Crippen LogP contribution in [-0.4, -0.2) is 44.1 Å². The Morgan fingerprint density at radius 2 is 2.17 bits per heavy atom. The van der Waals surface area contributed by atoms with Crippen molar-refractivity contribution in [2.75, 3.05) is 19.6 Å². The Bertz CT molecular complexity index is 495. The molecule has 0 bridgehead atoms. The Balaban J connectivity index is 2.54. The summed E-state index contributed by atoms with van der Waals surface area (Å²) in [6, 6.07) is 1.09. The molecule has 0 aromatic carbocycles. The molecule has 0 radical (unpaired) electrons. The number of sulfonamides is 1. The van der Waals surface area contributed by atoms with Gasteiger partial charge in [0.1, 0.15) is 10.6 Å². The van der Waals surface area contributed by atoms with Crippen LogP contribution in [0.15, 0.2) is 17.2 Å². The second kappa shape index (κ2) is 6.53. The molecule has 7 nitrogen and oxygen atoms in total. The van der Waals surface area contributed by atoms with E-state index < -0.39 is 16.0 Å². The summed E-state index contributed by atoms with van der Waals surface area (Å²) in [5.74, 6) is -1.19. The van der Waals surface area contributed by atoms with Crippen molar-refractivity contribution in [1.82, 2.24) is 15.0 Å². The van der Waals surface area contributed by atoms with E-state index in [-0.39, 0.29) is 10.6 Å². The van der Waals surface area contributed by atoms with Crippen LogP contribution in [0.3, 0.4) is 0 Å². The van der Waals surface area contributed by atoms with Crippen molar-refractivity contribution >= 4 is 16.0 Å². The van der Waals surface area contributed by atoms with E-state index in [0.29, 0.717) is 13.0 Å². The monoisotopic (exact) mass is 275 g/mol. The SMILES string of the molecule is CCNCCCNS(=O)(=O)c1c[nH]c(C(=O)O)c1. The van der Waals surface area contributed by atoms with Gasteiger partial charge >= 0.3 is 5.97 Å². The molecule has 8 heteroatoms. The summed E-state index contributed by atoms with van der Waals surface area (Å²) < 4.78 is 25.9. The lowest BCUT2D eigenvalue weighted by molar-refractivity contribution is 0.0691. The highest BCUT2D eigenvalue weighted by atomic mass is 32.2. The number of aromatic nitrogens is 1. The summed E-state index contributed by atoms with van der Waals surface area (Å²) in [6.07, 6.45) is 1.83. The number of nitrogens with one attached hydrogen (secondary N) is 3. The lowest BCUT2D eigenvalue weighted by atomic mass is 10.4. The van der Waals surface area contributed by atoms with E-state index >= 15 is 0 Å². The van der Waals surface area contributed by atoms with Crippen LogP contribution in [0.25, 0.3) is 0 Å². The average Bonchev–Trinajstić information content (AvgIpc) is 2.78. The van der Waals surface area contributed by atoms with Gasteiger partial charge in [0.05, 0.1) is 0 Å². The first-order chi connectivity index (χ1) is 8.47. The van der Waals surface area contributed by atoms with Crippen LogP contribution in [-0.2, 0) is 10.0 Å². The minimum Gasteiger partial charge on any atom is -0.477 e. The van der Waals surface area contributed by atoms with E-state index in [9.17, 15) is 13.2 Å². The number of carboxylic acid groups (broad SMARTS) is 1. The van der Waals surface area contributed by atoms with Gasteiger partial charge in [-0.05, 0) is 25.6 Å². The van der Waals surface area contributed by atoms with E-state index in [2.05, 4.69) is 15.0 Å². The van der Waals surface area contributed by atoms with Gasteiger partial charge in [0, 0.05) is 12.7 Å². The van der Waals surface area contributed by atoms with Gasteiger partial charge < -0.3 is 15.4 Å². The molecule has 0 aliphatic carbocycles. The van der Waals surface area contributed by atoms with Gasteiger partial charge in [-0.15, -0.1) is 0 Å². The molecule has 0 aliphatic rings. The number of H-pyrrole nitrogens is 1. The second-order valence-electron chi connectivity index (χ2n) is 3.66. The molecule has 1 aromatic heterocycles. The van der Waals surface area contributed by atoms with Gasteiger partial charge in [-0.1, -0.05) is 6.92 Å². The fourth-order valence-corrected chi connectivity index (χ4v) is 2.40. The average molecular weight is 275 g/mol. The van der Waals surface area contributed by atoms with Gasteiger partial charge in [-0.2, -0.15) is 0 Å². The molecule has 0 unspecified atom stereocenters. The van der Waals surface area contributed by atoms with Crippen LogP contribution in [0, 0.1) is 0 Å². The predicted molar refractivity (Wildman–Crippen MR) is 66.1 cm³/mol. The topological polar surface area (TPSA) is 111 Å². The fourth-order valence-electron chi connectivity index (χ4n) is 1.33. The van der Waals surface area contributed by atoms with E-state index in [0.717, 1.165) is 25.4 Å². The third-order valence-electron chi connectivity index (χ3n) is 2.27. The maximum atomic E-state index is 11.8. The molecule has 0 saturated carbocycles. The molecular weight excluding hydrogens is 258 g/mol. The lowest BCUT2D eigenvalue weighted by Crippen LogP contribution is -2.27. The minimum absolute atomic E-state index is 0.0663. The van der Waals surface area contributed by atoms with Gasteiger partial charge in [0.25, 0.3) is 0 Å². The molecule has 4 N–H and O–H groups in total. The zero-order chi connectivity index (χ0) is 13.6. The van der Waals surface area contributed by atoms with Gasteiger partial charge in [-0.3, -0.25) is 0 Å². The number of aromatic amines is 1. The largest absolute Gasteiger partial charge is 0.477 e. The van der Waals surface area contributed by atoms with Gasteiger partial charge in [0.15, 0.2) is 0 Å². The van der Waals surface area contributed by atoms with E-state index in [1.807, 2.05) is 6.92 Å². The Labute approximate surface area is 106 Å². The first kappa shape index (κ1) is 14.7. The summed E-state index contributed by atoms with van der Waals surface area (Å²) in [5.41, 5.74) is -0.150. The van der Waals surface area contributed by atoms with Crippen molar-refractivity contribution in [2.24, 2.45) is 0 Å². The highest BCUT2D eigenvalue weighted by molar-refractivity contribution is 7.89. The molecule has 18 heavy (non-hydrogen) atoms. The van der Waals surface area contributed by atoms with Crippen molar-refractivity contribution in [3.05, 3.63) is 18.0 Å². The standard InChI is InChI=1S/C10H17N3O4S/c1-2-11-4-3-5-13-18(16,17)8-6-9(10(14)15)12-7-8/h6-7,11-13H,2-5H2,1H3,(H,14,15). The van der Waals surface area contributed by atoms with Crippen molar-refractivity contribution in [1.29, 1.82) is 0 Å². The number of aromatic carboxylic acids is 1. The summed E-state index contributed by atoms with van der Waals surface area (Å²) in [7, 11) is -3.63. The van der Waals surface area contributed by atoms with Crippen molar-refractivity contribution in [3.63, 3.8) is 0 Å². The molecule has 1 aromatic rings. The van der Waals surface area contributed by atoms with E-state index in [1.54, 1.807) is 0 Å². The Hall–Kier alpha value is -1.38. The van der Waals surface area contributed by atoms with Crippen molar-refractivity contribution in [2.45, 2.75) is 18.2 Å². The number of hydrogen-bond donors (Lipinski definition) is 4. The molecule has 0 saturated heterocycles. The zero-order valence-corrected chi connectivity index (χ0v) is 10.9. The van der Waals surface area contributed by atoms with Crippen LogP contribution < -0.4 is 10.0 Å². The number of carbonyl (C=O) groups is 1. The maximum absolute atomic E-state index is 11.8. The first-order valence-corrected chi connectivity index (χ1v) is 7.07. The Kier molecular flexibility index (Phi) is 5.32. The molecule has 0 spiro atoms. The van der Waals surface area contributed by atoms with E-state index in [1.165, 1.54) is 0 Å². The molecule has 1 rings (SSSR count). The molecule has 1 heterocycles. The third-order valence-corrected chi connectivity index (χ3v) is 3.71. The van der Waals surface area contributed by atoms with Crippen LogP contribution in [0.4, 0.5) is 0 Å². The number of hydrogen-bond acceptors (Lipinski definition) is 4. The highest BCUT2D eigenvalue weighted by Crippen LogP contribution is 2.10. The molecule has 0 amide bonds. The van der Waals surface area contributed by atoms with Crippen LogP contribution in [0.1, 0.15) is 23.8 Å². The molecule has 0 aliphatic heterocycles. The number of carboxylic acids is 1. The Morgan fingerprint density at radius 3 is 2.72 bits per heavy atom. The van der Waals surface area contributed by atoms with Gasteiger partial charge in [-0.25, -0.2) is 17.9 Å². The van der Waals surface area contributed by atoms with Crippen molar-refractivity contribution < 1.29 is 18.3 Å². The van der Waals surface area contributed by atoms with Crippen molar-refractivity contribution in [3.8, 4) is 0 Å². The summed E-state index contributed by atoms with van der Waals surface area (Å²) in [4.78, 5) is 12.9. The Morgan fingerprint density at radius 1 is 1.44 bits per heavy atom. The summed E-state index contributed by atoms with van der Waals surface area (Å²) in [6.45, 7) is 3.85. The van der Waals surface area contributed by atoms with Crippen LogP contribution >= 0.6 is 0 Å². The summed E-state index contributed by atoms with van der Waals surface area (Å²) >= 11 is 0. The van der Waals surface area contributed by atoms with Gasteiger partial charge in [0.2, 0.25) is 10.0 Å². The quantitative estimate of drug-likeness (QED) is 0.499. The highest BCUT2D eigenvalue weighted by Gasteiger charge is 2.17. The molecule has 0 atom stereocenters. The van der Waals surface area contributed by atoms with Crippen LogP contribution in [0.5, 0.6) is 0 Å². The van der Waals surface area contributed by atoms with Crippen LogP contribution in [0.2, 0.25) is 0 Å². The lowest BCUT2D eigenvalue weighted by Gasteiger charge is -2.04. The van der Waals surface area contributed by atoms with E-state index in [4.69, 9.17) is 5.11 Å². The molecule has 0 fully saturated rings. The third kappa shape index (κ3) is 4.13. The number of rotatable bonds is 8. The maximum Gasteiger partial charge on any atom is 0.352 e. The predicted octanol–water partition coefficient (Wildman–Crippen LogP) is -0.00920. The molecular formula is C10H17N3O4S. The minimum atomic E-state index is -3.63. The normalized spacial score (nSPS) is 11.6. The zero-order valence-electron chi connectivity index (χ0n) is 10.1.